The highest BCUT2D eigenvalue weighted by atomic mass is 31.2. The Labute approximate surface area is 341 Å². The van der Waals surface area contributed by atoms with Crippen LogP contribution < -0.4 is 5.32 Å². The van der Waals surface area contributed by atoms with E-state index >= 15 is 0 Å². The van der Waals surface area contributed by atoms with Crippen LogP contribution in [-0.4, -0.2) is 54.3 Å². The number of esters is 1. The molecule has 0 aromatic carbocycles. The van der Waals surface area contributed by atoms with E-state index in [0.29, 0.717) is 12.8 Å². The van der Waals surface area contributed by atoms with Crippen molar-refractivity contribution in [3.8, 4) is 0 Å². The van der Waals surface area contributed by atoms with Gasteiger partial charge in [0.25, 0.3) is 0 Å². The zero-order chi connectivity index (χ0) is 41.1. The molecule has 9 nitrogen and oxygen atoms in total. The maximum atomic E-state index is 12.1. The van der Waals surface area contributed by atoms with E-state index in [1.807, 2.05) is 6.08 Å². The smallest absolute Gasteiger partial charge is 0.463 e. The molecule has 56 heavy (non-hydrogen) atoms. The highest BCUT2D eigenvalue weighted by Crippen LogP contribution is 2.42. The molecule has 322 valence electrons. The molecule has 0 aromatic rings. The van der Waals surface area contributed by atoms with Gasteiger partial charge in [-0.15, -0.1) is 0 Å². The molecule has 0 aromatic heterocycles. The molecule has 2 unspecified atom stereocenters. The molecule has 0 radical (unpaired) electrons. The van der Waals surface area contributed by atoms with Crippen LogP contribution in [0.1, 0.15) is 174 Å². The SMILES string of the molecule is CCCCC/C=C\C/C=C\C/C=C\C/C=C\CCCC(=O)OCC(O)COP(=O)(O)OCCNC(=O)CCCCCCCCC/C=C\C/C=C\CCCCCC. The number of amides is 1. The van der Waals surface area contributed by atoms with Crippen LogP contribution in [0.2, 0.25) is 0 Å². The highest BCUT2D eigenvalue weighted by Gasteiger charge is 2.23. The Hall–Kier alpha value is -2.55. The van der Waals surface area contributed by atoms with E-state index in [2.05, 4.69) is 86.0 Å². The van der Waals surface area contributed by atoms with E-state index in [-0.39, 0.29) is 32.1 Å². The van der Waals surface area contributed by atoms with Gasteiger partial charge in [-0.05, 0) is 83.5 Å². The van der Waals surface area contributed by atoms with E-state index in [0.717, 1.165) is 57.8 Å². The second-order valence-electron chi connectivity index (χ2n) is 14.3. The molecule has 0 saturated carbocycles. The van der Waals surface area contributed by atoms with Crippen LogP contribution in [0.15, 0.2) is 72.9 Å². The number of hydrogen-bond donors (Lipinski definition) is 3. The number of unbranched alkanes of at least 4 members (excludes halogenated alkanes) is 15. The zero-order valence-corrected chi connectivity index (χ0v) is 36.2. The van der Waals surface area contributed by atoms with Gasteiger partial charge < -0.3 is 20.1 Å². The third-order valence-electron chi connectivity index (χ3n) is 8.86. The van der Waals surface area contributed by atoms with E-state index in [9.17, 15) is 24.2 Å². The summed E-state index contributed by atoms with van der Waals surface area (Å²) < 4.78 is 26.8. The minimum atomic E-state index is -4.43. The van der Waals surface area contributed by atoms with Crippen LogP contribution in [0.4, 0.5) is 0 Å². The van der Waals surface area contributed by atoms with Crippen LogP contribution in [0.5, 0.6) is 0 Å². The standard InChI is InChI=1S/C46H80NO8P/c1-3-5-7-9-11-13-15-17-19-21-23-24-26-28-30-32-34-36-38-45(49)47-40-41-54-56(51,52)55-43-44(48)42-53-46(50)39-37-35-33-31-29-27-25-22-20-18-16-14-12-10-8-6-4-2/h12-15,18-21,25,27,31,33,44,48H,3-11,16-17,22-24,26,28-30,32,34-43H2,1-2H3,(H,47,49)(H,51,52)/b14-12-,15-13-,20-18-,21-19-,27-25-,33-31-. The number of phosphoric acid groups is 1. The molecular weight excluding hydrogens is 725 g/mol. The Kier molecular flexibility index (Phi) is 40.2. The zero-order valence-electron chi connectivity index (χ0n) is 35.3. The molecule has 0 spiro atoms. The van der Waals surface area contributed by atoms with Gasteiger partial charge in [-0.1, -0.05) is 151 Å². The van der Waals surface area contributed by atoms with Gasteiger partial charge in [0.15, 0.2) is 0 Å². The van der Waals surface area contributed by atoms with Crippen LogP contribution in [0.25, 0.3) is 0 Å². The van der Waals surface area contributed by atoms with E-state index in [1.165, 1.54) is 83.5 Å². The Morgan fingerprint density at radius 2 is 0.982 bits per heavy atom. The molecule has 0 aliphatic rings. The van der Waals surface area contributed by atoms with Gasteiger partial charge >= 0.3 is 13.8 Å². The number of ether oxygens (including phenoxy) is 1. The first kappa shape index (κ1) is 53.5. The summed E-state index contributed by atoms with van der Waals surface area (Å²) in [6, 6.07) is 0. The summed E-state index contributed by atoms with van der Waals surface area (Å²) in [5, 5.41) is 12.7. The number of aliphatic hydroxyl groups is 1. The number of carbonyl (C=O) groups is 2. The molecule has 2 atom stereocenters. The van der Waals surface area contributed by atoms with Crippen LogP contribution in [0.3, 0.4) is 0 Å². The Balaban J connectivity index is 3.70. The summed E-state index contributed by atoms with van der Waals surface area (Å²) in [4.78, 5) is 33.9. The van der Waals surface area contributed by atoms with Crippen LogP contribution in [-0.2, 0) is 27.9 Å². The normalized spacial score (nSPS) is 14.0. The lowest BCUT2D eigenvalue weighted by Gasteiger charge is -2.15. The monoisotopic (exact) mass is 806 g/mol. The van der Waals surface area contributed by atoms with Crippen molar-refractivity contribution in [1.82, 2.24) is 5.32 Å². The molecule has 0 saturated heterocycles. The third-order valence-corrected chi connectivity index (χ3v) is 9.84. The van der Waals surface area contributed by atoms with Crippen molar-refractivity contribution in [2.45, 2.75) is 180 Å². The lowest BCUT2D eigenvalue weighted by Crippen LogP contribution is -2.27. The number of hydrogen-bond acceptors (Lipinski definition) is 7. The van der Waals surface area contributed by atoms with E-state index in [1.54, 1.807) is 0 Å². The fourth-order valence-electron chi connectivity index (χ4n) is 5.52. The van der Waals surface area contributed by atoms with Gasteiger partial charge in [0.1, 0.15) is 12.7 Å². The summed E-state index contributed by atoms with van der Waals surface area (Å²) in [5.41, 5.74) is 0. The van der Waals surface area contributed by atoms with Crippen LogP contribution in [0, 0.1) is 0 Å². The number of rotatable bonds is 40. The number of phosphoric ester groups is 1. The number of nitrogens with one attached hydrogen (secondary N) is 1. The fraction of sp³-hybridized carbons (Fsp3) is 0.696. The van der Waals surface area contributed by atoms with E-state index in [4.69, 9.17) is 13.8 Å². The molecule has 0 fully saturated rings. The second-order valence-corrected chi connectivity index (χ2v) is 15.8. The first-order valence-corrected chi connectivity index (χ1v) is 23.4. The quantitative estimate of drug-likeness (QED) is 0.0241. The van der Waals surface area contributed by atoms with Crippen molar-refractivity contribution in [3.05, 3.63) is 72.9 Å². The van der Waals surface area contributed by atoms with Gasteiger partial charge in [-0.2, -0.15) is 0 Å². The Bertz CT molecular complexity index is 1150. The lowest BCUT2D eigenvalue weighted by molar-refractivity contribution is -0.147. The number of carbonyl (C=O) groups excluding carboxylic acids is 2. The highest BCUT2D eigenvalue weighted by molar-refractivity contribution is 7.47. The average molecular weight is 806 g/mol. The first-order valence-electron chi connectivity index (χ1n) is 21.9. The first-order chi connectivity index (χ1) is 27.3. The summed E-state index contributed by atoms with van der Waals surface area (Å²) in [6.07, 6.45) is 51.2. The number of aliphatic hydroxyl groups excluding tert-OH is 1. The minimum absolute atomic E-state index is 0.0672. The predicted molar refractivity (Wildman–Crippen MR) is 233 cm³/mol. The third kappa shape index (κ3) is 42.6. The molecule has 0 rings (SSSR count). The topological polar surface area (TPSA) is 131 Å². The molecule has 0 aliphatic heterocycles. The fourth-order valence-corrected chi connectivity index (χ4v) is 6.28. The summed E-state index contributed by atoms with van der Waals surface area (Å²) in [5.74, 6) is -0.586. The predicted octanol–water partition coefficient (Wildman–Crippen LogP) is 12.3. The van der Waals surface area contributed by atoms with Crippen molar-refractivity contribution in [3.63, 3.8) is 0 Å². The van der Waals surface area contributed by atoms with Crippen molar-refractivity contribution in [2.24, 2.45) is 0 Å². The molecule has 0 bridgehead atoms. The van der Waals surface area contributed by atoms with Gasteiger partial charge in [0, 0.05) is 19.4 Å². The minimum Gasteiger partial charge on any atom is -0.463 e. The van der Waals surface area contributed by atoms with Gasteiger partial charge in [-0.25, -0.2) is 4.57 Å². The van der Waals surface area contributed by atoms with E-state index < -0.39 is 26.5 Å². The average Bonchev–Trinajstić information content (AvgIpc) is 3.18. The molecule has 1 amide bonds. The van der Waals surface area contributed by atoms with Crippen molar-refractivity contribution >= 4 is 19.7 Å². The second kappa shape index (κ2) is 42.1. The molecule has 3 N–H and O–H groups in total. The van der Waals surface area contributed by atoms with Crippen molar-refractivity contribution in [1.29, 1.82) is 0 Å². The lowest BCUT2D eigenvalue weighted by atomic mass is 10.1. The maximum Gasteiger partial charge on any atom is 0.472 e. The van der Waals surface area contributed by atoms with Crippen LogP contribution >= 0.6 is 7.82 Å². The van der Waals surface area contributed by atoms with Gasteiger partial charge in [0.2, 0.25) is 5.91 Å². The summed E-state index contributed by atoms with van der Waals surface area (Å²) >= 11 is 0. The van der Waals surface area contributed by atoms with Gasteiger partial charge in [-0.3, -0.25) is 18.6 Å². The molecular formula is C46H80NO8P. The largest absolute Gasteiger partial charge is 0.472 e. The molecule has 0 aliphatic carbocycles. The van der Waals surface area contributed by atoms with Crippen molar-refractivity contribution < 1.29 is 37.9 Å². The molecule has 10 heteroatoms. The number of allylic oxidation sites excluding steroid dienone is 12. The maximum absolute atomic E-state index is 12.1. The summed E-state index contributed by atoms with van der Waals surface area (Å²) in [7, 11) is -4.43. The molecule has 0 heterocycles. The Morgan fingerprint density at radius 1 is 0.554 bits per heavy atom. The van der Waals surface area contributed by atoms with Crippen molar-refractivity contribution in [2.75, 3.05) is 26.4 Å². The summed E-state index contributed by atoms with van der Waals surface area (Å²) in [6.45, 7) is 3.42. The van der Waals surface area contributed by atoms with Gasteiger partial charge in [0.05, 0.1) is 13.2 Å². The Morgan fingerprint density at radius 3 is 1.52 bits per heavy atom.